The maximum absolute atomic E-state index is 13.0. The first kappa shape index (κ1) is 13.8. The minimum Gasteiger partial charge on any atom is -0.508 e. The van der Waals surface area contributed by atoms with Crippen molar-refractivity contribution in [3.05, 3.63) is 76.4 Å². The smallest absolute Gasteiger partial charge is 0.123 e. The van der Waals surface area contributed by atoms with Crippen molar-refractivity contribution in [1.29, 1.82) is 0 Å². The molecule has 0 aliphatic rings. The number of thiophene rings is 1. The molecule has 0 atom stereocenters. The van der Waals surface area contributed by atoms with Crippen LogP contribution in [0.25, 0.3) is 10.4 Å². The van der Waals surface area contributed by atoms with Crippen LogP contribution in [0.1, 0.15) is 16.0 Å². The molecule has 106 valence electrons. The van der Waals surface area contributed by atoms with Crippen molar-refractivity contribution in [2.24, 2.45) is 0 Å². The maximum atomic E-state index is 13.0. The number of phenolic OH excluding ortho intramolecular Hbond substituents is 1. The molecule has 1 heterocycles. The van der Waals surface area contributed by atoms with Crippen LogP contribution in [0.15, 0.2) is 54.6 Å². The van der Waals surface area contributed by atoms with E-state index in [9.17, 15) is 9.50 Å². The molecule has 1 aromatic heterocycles. The highest BCUT2D eigenvalue weighted by Crippen LogP contribution is 2.30. The van der Waals surface area contributed by atoms with Gasteiger partial charge in [-0.3, -0.25) is 0 Å². The van der Waals surface area contributed by atoms with Crippen LogP contribution >= 0.6 is 11.3 Å². The average molecular weight is 298 g/mol. The van der Waals surface area contributed by atoms with Gasteiger partial charge in [-0.15, -0.1) is 11.3 Å². The first-order valence-corrected chi connectivity index (χ1v) is 7.56. The summed E-state index contributed by atoms with van der Waals surface area (Å²) in [5.74, 6) is 0.0804. The second-order valence-corrected chi connectivity index (χ2v) is 6.23. The van der Waals surface area contributed by atoms with E-state index in [0.29, 0.717) is 5.75 Å². The summed E-state index contributed by atoms with van der Waals surface area (Å²) in [4.78, 5) is 2.35. The zero-order chi connectivity index (χ0) is 14.8. The van der Waals surface area contributed by atoms with Gasteiger partial charge < -0.3 is 5.11 Å². The van der Waals surface area contributed by atoms with Gasteiger partial charge in [-0.25, -0.2) is 4.39 Å². The molecule has 0 saturated heterocycles. The fourth-order valence-electron chi connectivity index (χ4n) is 2.28. The Labute approximate surface area is 127 Å². The lowest BCUT2D eigenvalue weighted by molar-refractivity contribution is 0.474. The normalized spacial score (nSPS) is 10.8. The molecule has 0 saturated carbocycles. The lowest BCUT2D eigenvalue weighted by atomic mass is 10.0. The van der Waals surface area contributed by atoms with Gasteiger partial charge in [-0.1, -0.05) is 18.2 Å². The van der Waals surface area contributed by atoms with Gasteiger partial charge in [0.15, 0.2) is 0 Å². The van der Waals surface area contributed by atoms with E-state index in [0.717, 1.165) is 22.4 Å². The Kier molecular flexibility index (Phi) is 3.76. The molecule has 0 spiro atoms. The van der Waals surface area contributed by atoms with Crippen molar-refractivity contribution in [3.8, 4) is 16.2 Å². The van der Waals surface area contributed by atoms with E-state index in [4.69, 9.17) is 0 Å². The number of aryl methyl sites for hydroxylation is 1. The fourth-order valence-corrected chi connectivity index (χ4v) is 3.31. The van der Waals surface area contributed by atoms with Crippen molar-refractivity contribution in [1.82, 2.24) is 0 Å². The SMILES string of the molecule is Cc1ccc(O)cc1Cc1ccc(-c2ccc(F)cc2)s1. The second kappa shape index (κ2) is 5.70. The highest BCUT2D eigenvalue weighted by atomic mass is 32.1. The Balaban J connectivity index is 1.85. The predicted octanol–water partition coefficient (Wildman–Crippen LogP) is 5.16. The van der Waals surface area contributed by atoms with Gasteiger partial charge in [0.05, 0.1) is 0 Å². The first-order valence-electron chi connectivity index (χ1n) is 6.75. The van der Waals surface area contributed by atoms with E-state index < -0.39 is 0 Å². The fraction of sp³-hybridized carbons (Fsp3) is 0.111. The molecule has 1 N–H and O–H groups in total. The molecule has 0 aliphatic heterocycles. The molecule has 3 aromatic rings. The van der Waals surface area contributed by atoms with Crippen LogP contribution in [0.2, 0.25) is 0 Å². The Morgan fingerprint density at radius 2 is 1.76 bits per heavy atom. The molecule has 1 nitrogen and oxygen atoms in total. The number of hydrogen-bond donors (Lipinski definition) is 1. The summed E-state index contributed by atoms with van der Waals surface area (Å²) in [6.07, 6.45) is 0.798. The van der Waals surface area contributed by atoms with Gasteiger partial charge in [0.25, 0.3) is 0 Å². The molecule has 3 rings (SSSR count). The number of halogens is 1. The summed E-state index contributed by atoms with van der Waals surface area (Å²) < 4.78 is 13.0. The third-order valence-corrected chi connectivity index (χ3v) is 4.62. The first-order chi connectivity index (χ1) is 10.1. The van der Waals surface area contributed by atoms with Crippen molar-refractivity contribution in [2.75, 3.05) is 0 Å². The molecule has 0 radical (unpaired) electrons. The molecule has 21 heavy (non-hydrogen) atoms. The third kappa shape index (κ3) is 3.14. The zero-order valence-electron chi connectivity index (χ0n) is 11.6. The summed E-state index contributed by atoms with van der Waals surface area (Å²) in [7, 11) is 0. The van der Waals surface area contributed by atoms with E-state index in [1.165, 1.54) is 22.6 Å². The predicted molar refractivity (Wildman–Crippen MR) is 85.4 cm³/mol. The summed E-state index contributed by atoms with van der Waals surface area (Å²) in [5.41, 5.74) is 3.33. The molecule has 2 aromatic carbocycles. The molecule has 0 amide bonds. The standard InChI is InChI=1S/C18H15FOS/c1-12-2-7-16(20)10-14(12)11-17-8-9-18(21-17)13-3-5-15(19)6-4-13/h2-10,20H,11H2,1H3. The highest BCUT2D eigenvalue weighted by molar-refractivity contribution is 7.15. The van der Waals surface area contributed by atoms with E-state index in [1.807, 2.05) is 19.1 Å². The van der Waals surface area contributed by atoms with Gasteiger partial charge >= 0.3 is 0 Å². The lowest BCUT2D eigenvalue weighted by Crippen LogP contribution is -1.88. The summed E-state index contributed by atoms with van der Waals surface area (Å²) in [6, 6.07) is 16.2. The van der Waals surface area contributed by atoms with Crippen LogP contribution in [-0.4, -0.2) is 5.11 Å². The minimum absolute atomic E-state index is 0.217. The van der Waals surface area contributed by atoms with Gasteiger partial charge in [-0.2, -0.15) is 0 Å². The Bertz CT molecular complexity index is 759. The third-order valence-electron chi connectivity index (χ3n) is 3.49. The molecule has 3 heteroatoms. The number of phenols is 1. The summed E-state index contributed by atoms with van der Waals surface area (Å²) in [6.45, 7) is 2.04. The quantitative estimate of drug-likeness (QED) is 0.708. The molecule has 0 bridgehead atoms. The van der Waals surface area contributed by atoms with Crippen LogP contribution < -0.4 is 0 Å². The van der Waals surface area contributed by atoms with Gasteiger partial charge in [0, 0.05) is 16.2 Å². The molecule has 0 unspecified atom stereocenters. The zero-order valence-corrected chi connectivity index (χ0v) is 12.5. The van der Waals surface area contributed by atoms with Crippen LogP contribution in [0.3, 0.4) is 0 Å². The Morgan fingerprint density at radius 3 is 2.52 bits per heavy atom. The van der Waals surface area contributed by atoms with Gasteiger partial charge in [-0.05, 0) is 60.0 Å². The van der Waals surface area contributed by atoms with E-state index >= 15 is 0 Å². The lowest BCUT2D eigenvalue weighted by Gasteiger charge is -2.04. The maximum Gasteiger partial charge on any atom is 0.123 e. The number of hydrogen-bond acceptors (Lipinski definition) is 2. The van der Waals surface area contributed by atoms with E-state index in [-0.39, 0.29) is 5.82 Å². The minimum atomic E-state index is -0.217. The molecular weight excluding hydrogens is 283 g/mol. The largest absolute Gasteiger partial charge is 0.508 e. The van der Waals surface area contributed by atoms with Crippen molar-refractivity contribution in [2.45, 2.75) is 13.3 Å². The number of aromatic hydroxyl groups is 1. The topological polar surface area (TPSA) is 20.2 Å². The molecule has 0 aliphatic carbocycles. The second-order valence-electron chi connectivity index (χ2n) is 5.06. The average Bonchev–Trinajstić information content (AvgIpc) is 2.92. The van der Waals surface area contributed by atoms with Gasteiger partial charge in [0.1, 0.15) is 11.6 Å². The Morgan fingerprint density at radius 1 is 1.00 bits per heavy atom. The highest BCUT2D eigenvalue weighted by Gasteiger charge is 2.06. The van der Waals surface area contributed by atoms with E-state index in [1.54, 1.807) is 29.5 Å². The Hall–Kier alpha value is -2.13. The van der Waals surface area contributed by atoms with Crippen LogP contribution in [0.5, 0.6) is 5.75 Å². The van der Waals surface area contributed by atoms with E-state index in [2.05, 4.69) is 12.1 Å². The molecular formula is C18H15FOS. The van der Waals surface area contributed by atoms with Crippen molar-refractivity contribution < 1.29 is 9.50 Å². The number of benzene rings is 2. The van der Waals surface area contributed by atoms with Crippen molar-refractivity contribution in [3.63, 3.8) is 0 Å². The monoisotopic (exact) mass is 298 g/mol. The van der Waals surface area contributed by atoms with Crippen LogP contribution in [0.4, 0.5) is 4.39 Å². The summed E-state index contributed by atoms with van der Waals surface area (Å²) >= 11 is 1.70. The summed E-state index contributed by atoms with van der Waals surface area (Å²) in [5, 5.41) is 9.59. The molecule has 0 fully saturated rings. The van der Waals surface area contributed by atoms with Crippen LogP contribution in [0, 0.1) is 12.7 Å². The van der Waals surface area contributed by atoms with Crippen LogP contribution in [-0.2, 0) is 6.42 Å². The van der Waals surface area contributed by atoms with Crippen molar-refractivity contribution >= 4 is 11.3 Å². The number of rotatable bonds is 3. The van der Waals surface area contributed by atoms with Gasteiger partial charge in [0.2, 0.25) is 0 Å².